The van der Waals surface area contributed by atoms with Crippen molar-refractivity contribution in [1.29, 1.82) is 0 Å². The Morgan fingerprint density at radius 2 is 0.598 bits per heavy atom. The van der Waals surface area contributed by atoms with E-state index in [2.05, 4.69) is 376 Å². The number of rotatable bonds is 14. The molecule has 0 N–H and O–H groups in total. The van der Waals surface area contributed by atoms with Crippen LogP contribution in [0.5, 0.6) is 0 Å². The second-order valence-electron chi connectivity index (χ2n) is 26.0. The van der Waals surface area contributed by atoms with E-state index in [4.69, 9.17) is 0 Å². The first kappa shape index (κ1) is 56.2. The molecule has 3 nitrogen and oxygen atoms in total. The quantitative estimate of drug-likeness (QED) is 0.101. The molecular formula is C89H71N3. The molecule has 16 rings (SSSR count). The number of anilines is 9. The van der Waals surface area contributed by atoms with Gasteiger partial charge < -0.3 is 14.7 Å². The van der Waals surface area contributed by atoms with Gasteiger partial charge in [0.05, 0.1) is 0 Å². The van der Waals surface area contributed by atoms with Crippen molar-refractivity contribution in [2.75, 3.05) is 14.7 Å². The first-order valence-corrected chi connectivity index (χ1v) is 32.4. The Labute approximate surface area is 541 Å². The minimum atomic E-state index is -0.335. The molecule has 0 saturated heterocycles. The Kier molecular flexibility index (Phi) is 14.1. The topological polar surface area (TPSA) is 9.72 Å². The highest BCUT2D eigenvalue weighted by Crippen LogP contribution is 2.56. The van der Waals surface area contributed by atoms with E-state index in [1.165, 1.54) is 88.3 Å². The molecular weight excluding hydrogens is 1110 g/mol. The van der Waals surface area contributed by atoms with E-state index in [-0.39, 0.29) is 16.7 Å². The molecule has 14 aromatic rings. The van der Waals surface area contributed by atoms with Crippen LogP contribution in [0.15, 0.2) is 334 Å². The normalized spacial score (nSPS) is 14.2. The van der Waals surface area contributed by atoms with Crippen LogP contribution in [0.2, 0.25) is 0 Å². The lowest BCUT2D eigenvalue weighted by molar-refractivity contribution is 0.315. The summed E-state index contributed by atoms with van der Waals surface area (Å²) in [6, 6.07) is 124. The van der Waals surface area contributed by atoms with E-state index in [9.17, 15) is 0 Å². The van der Waals surface area contributed by atoms with Crippen LogP contribution in [-0.4, -0.2) is 0 Å². The predicted octanol–water partition coefficient (Wildman–Crippen LogP) is 24.3. The number of para-hydroxylation sites is 6. The van der Waals surface area contributed by atoms with Gasteiger partial charge in [0.1, 0.15) is 0 Å². The van der Waals surface area contributed by atoms with Crippen molar-refractivity contribution in [3.63, 3.8) is 0 Å². The average Bonchev–Trinajstić information content (AvgIpc) is 1.68. The lowest BCUT2D eigenvalue weighted by Crippen LogP contribution is -2.30. The maximum absolute atomic E-state index is 2.59. The molecule has 92 heavy (non-hydrogen) atoms. The summed E-state index contributed by atoms with van der Waals surface area (Å²) in [6.07, 6.45) is 0.987. The SMILES string of the molecule is CC1(C)c2cc(-c3c4ccc(N(c5ccccc5)c5ccccc5)cc4c(-c4ccc5c(c4)C(C)(C)C(C(c4ccccc4)c4ccccc4)C5)c4ccc(N(c5ccccc5)c5ccccc5)cc34)ccc2-c2ccc(N(c3ccccc3)c3ccccc3)cc21. The first-order chi connectivity index (χ1) is 45.2. The summed E-state index contributed by atoms with van der Waals surface area (Å²) in [5.74, 6) is 0.540. The Morgan fingerprint density at radius 3 is 0.989 bits per heavy atom. The van der Waals surface area contributed by atoms with E-state index in [1.807, 2.05) is 0 Å². The summed E-state index contributed by atoms with van der Waals surface area (Å²) in [7, 11) is 0. The predicted molar refractivity (Wildman–Crippen MR) is 389 cm³/mol. The average molecular weight is 1180 g/mol. The molecule has 0 spiro atoms. The van der Waals surface area contributed by atoms with Gasteiger partial charge in [0.2, 0.25) is 0 Å². The highest BCUT2D eigenvalue weighted by molar-refractivity contribution is 6.23. The zero-order chi connectivity index (χ0) is 61.9. The summed E-state index contributed by atoms with van der Waals surface area (Å²) in [6.45, 7) is 9.86. The lowest BCUT2D eigenvalue weighted by Gasteiger charge is -2.36. The van der Waals surface area contributed by atoms with Gasteiger partial charge in [0, 0.05) is 62.5 Å². The summed E-state index contributed by atoms with van der Waals surface area (Å²) in [4.78, 5) is 7.21. The molecule has 2 aliphatic rings. The zero-order valence-electron chi connectivity index (χ0n) is 52.5. The molecule has 2 aliphatic carbocycles. The van der Waals surface area contributed by atoms with Crippen molar-refractivity contribution in [1.82, 2.24) is 0 Å². The van der Waals surface area contributed by atoms with Crippen molar-refractivity contribution in [3.8, 4) is 33.4 Å². The molecule has 14 aromatic carbocycles. The van der Waals surface area contributed by atoms with Gasteiger partial charge in [-0.05, 0) is 221 Å². The van der Waals surface area contributed by atoms with E-state index in [0.717, 1.165) is 57.6 Å². The van der Waals surface area contributed by atoms with E-state index < -0.39 is 0 Å². The van der Waals surface area contributed by atoms with Crippen LogP contribution >= 0.6 is 0 Å². The maximum Gasteiger partial charge on any atom is 0.0468 e. The number of nitrogens with zero attached hydrogens (tertiary/aromatic N) is 3. The van der Waals surface area contributed by atoms with Gasteiger partial charge in [-0.25, -0.2) is 0 Å². The molecule has 0 bridgehead atoms. The Bertz CT molecular complexity index is 4840. The van der Waals surface area contributed by atoms with Crippen molar-refractivity contribution >= 4 is 72.7 Å². The van der Waals surface area contributed by atoms with Crippen LogP contribution in [-0.2, 0) is 17.3 Å². The molecule has 442 valence electrons. The summed E-state index contributed by atoms with van der Waals surface area (Å²) in [5.41, 5.74) is 25.1. The molecule has 0 aromatic heterocycles. The summed E-state index contributed by atoms with van der Waals surface area (Å²) >= 11 is 0. The molecule has 3 heteroatoms. The molecule has 1 atom stereocenters. The molecule has 0 fully saturated rings. The smallest absolute Gasteiger partial charge is 0.0468 e. The van der Waals surface area contributed by atoms with E-state index in [0.29, 0.717) is 5.92 Å². The molecule has 0 aliphatic heterocycles. The van der Waals surface area contributed by atoms with Gasteiger partial charge >= 0.3 is 0 Å². The van der Waals surface area contributed by atoms with Crippen LogP contribution in [0.3, 0.4) is 0 Å². The lowest BCUT2D eigenvalue weighted by atomic mass is 9.67. The van der Waals surface area contributed by atoms with Gasteiger partial charge in [-0.15, -0.1) is 0 Å². The van der Waals surface area contributed by atoms with Crippen molar-refractivity contribution in [2.24, 2.45) is 5.92 Å². The minimum absolute atomic E-state index is 0.175. The van der Waals surface area contributed by atoms with E-state index in [1.54, 1.807) is 0 Å². The highest BCUT2D eigenvalue weighted by Gasteiger charge is 2.45. The van der Waals surface area contributed by atoms with Gasteiger partial charge in [-0.1, -0.05) is 246 Å². The van der Waals surface area contributed by atoms with Crippen LogP contribution < -0.4 is 14.7 Å². The summed E-state index contributed by atoms with van der Waals surface area (Å²) in [5, 5.41) is 4.79. The largest absolute Gasteiger partial charge is 0.310 e. The third kappa shape index (κ3) is 9.75. The van der Waals surface area contributed by atoms with Gasteiger partial charge in [-0.3, -0.25) is 0 Å². The number of benzene rings is 14. The fourth-order valence-electron chi connectivity index (χ4n) is 15.6. The third-order valence-corrected chi connectivity index (χ3v) is 20.1. The molecule has 0 saturated carbocycles. The molecule has 0 amide bonds. The first-order valence-electron chi connectivity index (χ1n) is 32.4. The van der Waals surface area contributed by atoms with Gasteiger partial charge in [-0.2, -0.15) is 0 Å². The highest BCUT2D eigenvalue weighted by atomic mass is 15.2. The van der Waals surface area contributed by atoms with Crippen molar-refractivity contribution < 1.29 is 0 Å². The third-order valence-electron chi connectivity index (χ3n) is 20.1. The Morgan fingerprint density at radius 1 is 0.283 bits per heavy atom. The Hall–Kier alpha value is -11.0. The molecule has 0 radical (unpaired) electrons. The summed E-state index contributed by atoms with van der Waals surface area (Å²) < 4.78 is 0. The number of fused-ring (bicyclic) bond motifs is 6. The van der Waals surface area contributed by atoms with Gasteiger partial charge in [0.25, 0.3) is 0 Å². The van der Waals surface area contributed by atoms with Crippen LogP contribution in [0.25, 0.3) is 54.9 Å². The van der Waals surface area contributed by atoms with Crippen molar-refractivity contribution in [2.45, 2.75) is 50.9 Å². The molecule has 1 unspecified atom stereocenters. The second kappa shape index (κ2) is 23.1. The number of hydrogen-bond donors (Lipinski definition) is 0. The van der Waals surface area contributed by atoms with Crippen LogP contribution in [0.1, 0.15) is 67.0 Å². The zero-order valence-corrected chi connectivity index (χ0v) is 52.5. The fourth-order valence-corrected chi connectivity index (χ4v) is 15.6. The maximum atomic E-state index is 2.59. The molecule has 0 heterocycles. The van der Waals surface area contributed by atoms with Crippen LogP contribution in [0, 0.1) is 5.92 Å². The standard InChI is InChI=1S/C89H71N3/c1-88(2)81-56-64(46-45-63(81)55-84(88)85(61-29-13-5-14-30-61)62-31-15-6-16-32-62)86-77-53-49-73(91(68-37-21-9-22-38-68)69-39-23-10-24-40-69)59-80(77)87(78-54-50-72(58-79(78)86)90(66-33-17-7-18-34-66)67-35-19-8-20-36-67)65-47-51-75-76-52-48-74(60-83(76)89(3,4)82(75)57-65)92(70-41-25-11-26-42-70)71-43-27-12-28-44-71/h5-54,56-60,84-85H,55H2,1-4H3. The van der Waals surface area contributed by atoms with Crippen LogP contribution in [0.4, 0.5) is 51.2 Å². The monoisotopic (exact) mass is 1180 g/mol. The number of hydrogen-bond acceptors (Lipinski definition) is 3. The Balaban J connectivity index is 0.944. The van der Waals surface area contributed by atoms with Crippen molar-refractivity contribution in [3.05, 3.63) is 367 Å². The van der Waals surface area contributed by atoms with E-state index >= 15 is 0 Å². The minimum Gasteiger partial charge on any atom is -0.310 e. The second-order valence-corrected chi connectivity index (χ2v) is 26.0. The van der Waals surface area contributed by atoms with Gasteiger partial charge in [0.15, 0.2) is 0 Å². The fraction of sp³-hybridized carbons (Fsp3) is 0.101.